The summed E-state index contributed by atoms with van der Waals surface area (Å²) >= 11 is 0. The Morgan fingerprint density at radius 2 is 1.73 bits per heavy atom. The monoisotopic (exact) mass is 353 g/mol. The Morgan fingerprint density at radius 1 is 1.08 bits per heavy atom. The number of hydrogen-bond acceptors (Lipinski definition) is 3. The number of carbonyl (C=O) groups is 2. The fraction of sp³-hybridized carbons (Fsp3) is 0.300. The Kier molecular flexibility index (Phi) is 5.86. The van der Waals surface area contributed by atoms with Crippen molar-refractivity contribution in [3.05, 3.63) is 66.2 Å². The highest BCUT2D eigenvalue weighted by Gasteiger charge is 2.28. The van der Waals surface area contributed by atoms with E-state index >= 15 is 0 Å². The molecule has 3 rings (SSSR count). The van der Waals surface area contributed by atoms with Gasteiger partial charge in [-0.3, -0.25) is 4.79 Å². The largest absolute Gasteiger partial charge is 0.370 e. The molecule has 2 N–H and O–H groups in total. The topological polar surface area (TPSA) is 70.7 Å². The standard InChI is InChI=1S/C20H23N3O3/c1-15(21-20(25)22-17-10-6-3-7-11-17)19(24)23-12-13-26-18(14-23)16-8-4-2-5-9-16/h2-11,15,18H,12-14H2,1H3,(H2,21,22,25)/t15-,18?/m0/s1. The summed E-state index contributed by atoms with van der Waals surface area (Å²) < 4.78 is 5.79. The van der Waals surface area contributed by atoms with Crippen molar-refractivity contribution in [1.29, 1.82) is 0 Å². The van der Waals surface area contributed by atoms with E-state index in [1.54, 1.807) is 24.0 Å². The molecule has 0 bridgehead atoms. The fourth-order valence-electron chi connectivity index (χ4n) is 2.94. The van der Waals surface area contributed by atoms with Crippen molar-refractivity contribution in [1.82, 2.24) is 10.2 Å². The van der Waals surface area contributed by atoms with Gasteiger partial charge < -0.3 is 20.3 Å². The summed E-state index contributed by atoms with van der Waals surface area (Å²) in [5, 5.41) is 5.42. The maximum absolute atomic E-state index is 12.7. The highest BCUT2D eigenvalue weighted by molar-refractivity contribution is 5.93. The Hall–Kier alpha value is -2.86. The number of nitrogens with zero attached hydrogens (tertiary/aromatic N) is 1. The zero-order valence-electron chi connectivity index (χ0n) is 14.7. The highest BCUT2D eigenvalue weighted by atomic mass is 16.5. The third-order valence-corrected chi connectivity index (χ3v) is 4.30. The van der Waals surface area contributed by atoms with Crippen molar-refractivity contribution < 1.29 is 14.3 Å². The number of benzene rings is 2. The summed E-state index contributed by atoms with van der Waals surface area (Å²) in [5.74, 6) is -0.113. The molecule has 2 atom stereocenters. The van der Waals surface area contributed by atoms with Crippen LogP contribution in [-0.4, -0.2) is 42.6 Å². The molecule has 1 fully saturated rings. The van der Waals surface area contributed by atoms with Crippen LogP contribution < -0.4 is 10.6 Å². The zero-order valence-corrected chi connectivity index (χ0v) is 14.7. The molecule has 0 aliphatic carbocycles. The van der Waals surface area contributed by atoms with Crippen LogP contribution >= 0.6 is 0 Å². The maximum atomic E-state index is 12.7. The van der Waals surface area contributed by atoms with Crippen molar-refractivity contribution in [2.45, 2.75) is 19.1 Å². The first kappa shape index (κ1) is 17.9. The number of ether oxygens (including phenoxy) is 1. The molecule has 0 aromatic heterocycles. The van der Waals surface area contributed by atoms with E-state index in [0.29, 0.717) is 25.4 Å². The van der Waals surface area contributed by atoms with Gasteiger partial charge in [0.1, 0.15) is 12.1 Å². The molecule has 1 aliphatic heterocycles. The molecule has 2 aromatic carbocycles. The first-order chi connectivity index (χ1) is 12.6. The van der Waals surface area contributed by atoms with Crippen LogP contribution in [0.3, 0.4) is 0 Å². The van der Waals surface area contributed by atoms with Gasteiger partial charge in [-0.2, -0.15) is 0 Å². The lowest BCUT2D eigenvalue weighted by molar-refractivity contribution is -0.140. The first-order valence-corrected chi connectivity index (χ1v) is 8.71. The number of nitrogens with one attached hydrogen (secondary N) is 2. The predicted octanol–water partition coefficient (Wildman–Crippen LogP) is 2.80. The van der Waals surface area contributed by atoms with Gasteiger partial charge in [0.05, 0.1) is 13.2 Å². The number of para-hydroxylation sites is 1. The van der Waals surface area contributed by atoms with Gasteiger partial charge in [0.25, 0.3) is 0 Å². The summed E-state index contributed by atoms with van der Waals surface area (Å²) in [6.07, 6.45) is -0.140. The lowest BCUT2D eigenvalue weighted by atomic mass is 10.1. The van der Waals surface area contributed by atoms with Crippen molar-refractivity contribution in [3.63, 3.8) is 0 Å². The molecule has 0 radical (unpaired) electrons. The van der Waals surface area contributed by atoms with Gasteiger partial charge >= 0.3 is 6.03 Å². The molecule has 3 amide bonds. The average molecular weight is 353 g/mol. The van der Waals surface area contributed by atoms with Crippen LogP contribution in [0.1, 0.15) is 18.6 Å². The third-order valence-electron chi connectivity index (χ3n) is 4.30. The maximum Gasteiger partial charge on any atom is 0.319 e. The lowest BCUT2D eigenvalue weighted by Crippen LogP contribution is -2.51. The molecule has 6 nitrogen and oxygen atoms in total. The van der Waals surface area contributed by atoms with Gasteiger partial charge in [0, 0.05) is 12.2 Å². The van der Waals surface area contributed by atoms with Gasteiger partial charge in [-0.15, -0.1) is 0 Å². The Morgan fingerprint density at radius 3 is 2.42 bits per heavy atom. The molecule has 1 saturated heterocycles. The number of morpholine rings is 1. The van der Waals surface area contributed by atoms with Gasteiger partial charge in [-0.05, 0) is 24.6 Å². The minimum Gasteiger partial charge on any atom is -0.370 e. The molecular weight excluding hydrogens is 330 g/mol. The van der Waals surface area contributed by atoms with Gasteiger partial charge in [-0.1, -0.05) is 48.5 Å². The van der Waals surface area contributed by atoms with Gasteiger partial charge in [0.2, 0.25) is 5.91 Å². The Balaban J connectivity index is 1.55. The number of carbonyl (C=O) groups excluding carboxylic acids is 2. The minimum atomic E-state index is -0.617. The minimum absolute atomic E-state index is 0.113. The molecule has 6 heteroatoms. The number of anilines is 1. The van der Waals surface area contributed by atoms with Crippen molar-refractivity contribution in [3.8, 4) is 0 Å². The highest BCUT2D eigenvalue weighted by Crippen LogP contribution is 2.22. The summed E-state index contributed by atoms with van der Waals surface area (Å²) in [6.45, 7) is 3.18. The second-order valence-electron chi connectivity index (χ2n) is 6.24. The first-order valence-electron chi connectivity index (χ1n) is 8.71. The SMILES string of the molecule is C[C@H](NC(=O)Nc1ccccc1)C(=O)N1CCOC(c2ccccc2)C1. The summed E-state index contributed by atoms with van der Waals surface area (Å²) in [7, 11) is 0. The van der Waals surface area contributed by atoms with E-state index in [-0.39, 0.29) is 12.0 Å². The van der Waals surface area contributed by atoms with Gasteiger partial charge in [-0.25, -0.2) is 4.79 Å². The van der Waals surface area contributed by atoms with Crippen LogP contribution in [0.5, 0.6) is 0 Å². The molecule has 26 heavy (non-hydrogen) atoms. The number of rotatable bonds is 4. The number of urea groups is 1. The second-order valence-corrected chi connectivity index (χ2v) is 6.24. The van der Waals surface area contributed by atoms with Crippen LogP contribution in [0.15, 0.2) is 60.7 Å². The van der Waals surface area contributed by atoms with E-state index in [4.69, 9.17) is 4.74 Å². The molecule has 1 aliphatic rings. The van der Waals surface area contributed by atoms with Crippen molar-refractivity contribution >= 4 is 17.6 Å². The predicted molar refractivity (Wildman–Crippen MR) is 99.8 cm³/mol. The van der Waals surface area contributed by atoms with Crippen LogP contribution in [0.2, 0.25) is 0 Å². The summed E-state index contributed by atoms with van der Waals surface area (Å²) in [5.41, 5.74) is 1.73. The van der Waals surface area contributed by atoms with Gasteiger partial charge in [0.15, 0.2) is 0 Å². The van der Waals surface area contributed by atoms with E-state index in [2.05, 4.69) is 10.6 Å². The number of hydrogen-bond donors (Lipinski definition) is 2. The van der Waals surface area contributed by atoms with Crippen LogP contribution in [0.25, 0.3) is 0 Å². The normalized spacial score (nSPS) is 18.0. The molecule has 1 unspecified atom stereocenters. The van der Waals surface area contributed by atoms with E-state index in [1.807, 2.05) is 48.5 Å². The summed E-state index contributed by atoms with van der Waals surface area (Å²) in [6, 6.07) is 18.0. The third kappa shape index (κ3) is 4.61. The Labute approximate surface area is 153 Å². The molecule has 0 spiro atoms. The van der Waals surface area contributed by atoms with Crippen molar-refractivity contribution in [2.75, 3.05) is 25.0 Å². The summed E-state index contributed by atoms with van der Waals surface area (Å²) in [4.78, 5) is 26.5. The smallest absolute Gasteiger partial charge is 0.319 e. The van der Waals surface area contributed by atoms with Crippen LogP contribution in [0.4, 0.5) is 10.5 Å². The molecule has 1 heterocycles. The van der Waals surface area contributed by atoms with Crippen LogP contribution in [-0.2, 0) is 9.53 Å². The molecular formula is C20H23N3O3. The van der Waals surface area contributed by atoms with Crippen molar-refractivity contribution in [2.24, 2.45) is 0 Å². The van der Waals surface area contributed by atoms with E-state index in [1.165, 1.54) is 0 Å². The van der Waals surface area contributed by atoms with Crippen LogP contribution in [0, 0.1) is 0 Å². The molecule has 2 aromatic rings. The fourth-order valence-corrected chi connectivity index (χ4v) is 2.94. The van der Waals surface area contributed by atoms with E-state index < -0.39 is 12.1 Å². The Bertz CT molecular complexity index is 736. The molecule has 0 saturated carbocycles. The average Bonchev–Trinajstić information content (AvgIpc) is 2.69. The number of amides is 3. The molecule has 136 valence electrons. The van der Waals surface area contributed by atoms with E-state index in [0.717, 1.165) is 5.56 Å². The zero-order chi connectivity index (χ0) is 18.4. The quantitative estimate of drug-likeness (QED) is 0.888. The van der Waals surface area contributed by atoms with E-state index in [9.17, 15) is 9.59 Å². The lowest BCUT2D eigenvalue weighted by Gasteiger charge is -2.34. The second kappa shape index (κ2) is 8.49.